The summed E-state index contributed by atoms with van der Waals surface area (Å²) in [5, 5.41) is 3.55. The molecule has 2 N–H and O–H groups in total. The summed E-state index contributed by atoms with van der Waals surface area (Å²) in [6.07, 6.45) is 10.2. The van der Waals surface area contributed by atoms with Crippen LogP contribution in [0.15, 0.2) is 41.2 Å². The summed E-state index contributed by atoms with van der Waals surface area (Å²) in [5.74, 6) is 1.14. The third-order valence-corrected chi connectivity index (χ3v) is 6.78. The molecule has 0 radical (unpaired) electrons. The van der Waals surface area contributed by atoms with Gasteiger partial charge in [-0.2, -0.15) is 0 Å². The van der Waals surface area contributed by atoms with Crippen LogP contribution in [-0.2, 0) is 4.79 Å². The maximum atomic E-state index is 12.7. The second-order valence-corrected chi connectivity index (χ2v) is 9.30. The lowest BCUT2D eigenvalue weighted by atomic mass is 9.98. The van der Waals surface area contributed by atoms with Crippen molar-refractivity contribution in [2.45, 2.75) is 69.4 Å². The number of hydrogen-bond acceptors (Lipinski definition) is 3. The number of nitrogens with one attached hydrogen (secondary N) is 2. The minimum atomic E-state index is -0.0673. The van der Waals surface area contributed by atoms with Gasteiger partial charge >= 0.3 is 0 Å². The van der Waals surface area contributed by atoms with Crippen molar-refractivity contribution in [1.29, 1.82) is 0 Å². The van der Waals surface area contributed by atoms with Crippen LogP contribution in [0.4, 0.5) is 0 Å². The smallest absolute Gasteiger partial charge is 0.251 e. The normalized spacial score (nSPS) is 22.0. The molecule has 0 bridgehead atoms. The first-order valence-electron chi connectivity index (χ1n) is 11.3. The van der Waals surface area contributed by atoms with Gasteiger partial charge in [-0.25, -0.2) is 0 Å². The van der Waals surface area contributed by atoms with Gasteiger partial charge in [0.05, 0.1) is 11.1 Å². The van der Waals surface area contributed by atoms with E-state index in [4.69, 9.17) is 16.3 Å². The number of carbonyl (C=O) groups is 1. The molecular formula is C25H27ClN2O3. The second kappa shape index (κ2) is 8.54. The monoisotopic (exact) mass is 438 g/mol. The van der Waals surface area contributed by atoms with Gasteiger partial charge < -0.3 is 15.0 Å². The first-order chi connectivity index (χ1) is 15.1. The molecule has 2 aromatic rings. The summed E-state index contributed by atoms with van der Waals surface area (Å²) in [6, 6.07) is 9.61. The largest absolute Gasteiger partial charge is 0.489 e. The fourth-order valence-corrected chi connectivity index (χ4v) is 4.84. The third kappa shape index (κ3) is 4.57. The number of H-pyrrole nitrogens is 1. The van der Waals surface area contributed by atoms with E-state index in [1.54, 1.807) is 0 Å². The number of carbonyl (C=O) groups excluding carboxylic acids is 1. The summed E-state index contributed by atoms with van der Waals surface area (Å²) >= 11 is 6.59. The zero-order valence-corrected chi connectivity index (χ0v) is 18.2. The summed E-state index contributed by atoms with van der Waals surface area (Å²) < 4.78 is 6.10. The molecule has 2 heterocycles. The molecule has 31 heavy (non-hydrogen) atoms. The highest BCUT2D eigenvalue weighted by Gasteiger charge is 2.27. The van der Waals surface area contributed by atoms with Crippen molar-refractivity contribution < 1.29 is 9.53 Å². The third-order valence-electron chi connectivity index (χ3n) is 6.48. The Hall–Kier alpha value is -2.53. The highest BCUT2D eigenvalue weighted by molar-refractivity contribution is 6.32. The number of aromatic nitrogens is 1. The van der Waals surface area contributed by atoms with Crippen LogP contribution in [0.3, 0.4) is 0 Å². The molecule has 162 valence electrons. The van der Waals surface area contributed by atoms with Gasteiger partial charge in [0.2, 0.25) is 5.91 Å². The molecular weight excluding hydrogens is 412 g/mol. The van der Waals surface area contributed by atoms with Crippen LogP contribution in [0.2, 0.25) is 5.02 Å². The maximum Gasteiger partial charge on any atom is 0.251 e. The van der Waals surface area contributed by atoms with Crippen molar-refractivity contribution in [3.8, 4) is 5.75 Å². The van der Waals surface area contributed by atoms with Crippen LogP contribution in [-0.4, -0.2) is 23.0 Å². The highest BCUT2D eigenvalue weighted by atomic mass is 35.5. The summed E-state index contributed by atoms with van der Waals surface area (Å²) in [7, 11) is 0. The highest BCUT2D eigenvalue weighted by Crippen LogP contribution is 2.39. The molecule has 1 aromatic carbocycles. The molecule has 1 aromatic heterocycles. The molecule has 2 aliphatic carbocycles. The number of rotatable bonds is 6. The van der Waals surface area contributed by atoms with Crippen LogP contribution in [0.5, 0.6) is 5.75 Å². The van der Waals surface area contributed by atoms with Crippen molar-refractivity contribution >= 4 is 23.1 Å². The van der Waals surface area contributed by atoms with Gasteiger partial charge in [-0.3, -0.25) is 9.59 Å². The molecule has 6 heteroatoms. The number of pyridine rings is 1. The predicted octanol–water partition coefficient (Wildman–Crippen LogP) is 4.94. The topological polar surface area (TPSA) is 71.2 Å². The SMILES string of the molecule is O=C1CC[C@H](/C=C(\c2ccc(OC3CCCC3)c(Cl)c2)c2ccc(C3CC3)c(=O)[nH]2)N1. The summed E-state index contributed by atoms with van der Waals surface area (Å²) in [4.78, 5) is 27.4. The Morgan fingerprint density at radius 1 is 1.03 bits per heavy atom. The van der Waals surface area contributed by atoms with Gasteiger partial charge in [-0.05, 0) is 74.6 Å². The molecule has 5 rings (SSSR count). The van der Waals surface area contributed by atoms with Gasteiger partial charge in [0.1, 0.15) is 5.75 Å². The van der Waals surface area contributed by atoms with Crippen LogP contribution < -0.4 is 15.6 Å². The molecule has 0 spiro atoms. The van der Waals surface area contributed by atoms with E-state index < -0.39 is 0 Å². The number of halogens is 1. The average molecular weight is 439 g/mol. The van der Waals surface area contributed by atoms with Gasteiger partial charge in [-0.1, -0.05) is 29.8 Å². The number of hydrogen-bond donors (Lipinski definition) is 2. The molecule has 1 saturated heterocycles. The Balaban J connectivity index is 1.49. The molecule has 1 atom stereocenters. The van der Waals surface area contributed by atoms with E-state index in [-0.39, 0.29) is 23.6 Å². The molecule has 1 aliphatic heterocycles. The minimum absolute atomic E-state index is 0.0337. The molecule has 3 aliphatic rings. The van der Waals surface area contributed by atoms with E-state index in [0.29, 0.717) is 23.1 Å². The lowest BCUT2D eigenvalue weighted by molar-refractivity contribution is -0.119. The van der Waals surface area contributed by atoms with E-state index in [1.807, 2.05) is 36.4 Å². The zero-order valence-electron chi connectivity index (χ0n) is 17.5. The van der Waals surface area contributed by atoms with Crippen LogP contribution >= 0.6 is 11.6 Å². The Morgan fingerprint density at radius 2 is 1.84 bits per heavy atom. The average Bonchev–Trinajstić information content (AvgIpc) is 3.30. The fraction of sp³-hybridized carbons (Fsp3) is 0.440. The van der Waals surface area contributed by atoms with E-state index in [2.05, 4.69) is 10.3 Å². The molecule has 3 fully saturated rings. The number of ether oxygens (including phenoxy) is 1. The van der Waals surface area contributed by atoms with Crippen molar-refractivity contribution in [2.75, 3.05) is 0 Å². The lowest BCUT2D eigenvalue weighted by Crippen LogP contribution is -2.23. The Morgan fingerprint density at radius 3 is 2.48 bits per heavy atom. The number of aromatic amines is 1. The van der Waals surface area contributed by atoms with E-state index in [9.17, 15) is 9.59 Å². The Labute approximate surface area is 186 Å². The first-order valence-corrected chi connectivity index (χ1v) is 11.7. The number of amides is 1. The van der Waals surface area contributed by atoms with E-state index in [1.165, 1.54) is 12.8 Å². The lowest BCUT2D eigenvalue weighted by Gasteiger charge is -2.17. The van der Waals surface area contributed by atoms with E-state index >= 15 is 0 Å². The van der Waals surface area contributed by atoms with Crippen LogP contribution in [0.25, 0.3) is 5.57 Å². The van der Waals surface area contributed by atoms with Gasteiger partial charge in [0.25, 0.3) is 5.56 Å². The second-order valence-electron chi connectivity index (χ2n) is 8.89. The van der Waals surface area contributed by atoms with Gasteiger partial charge in [0.15, 0.2) is 0 Å². The van der Waals surface area contributed by atoms with Gasteiger partial charge in [0, 0.05) is 29.3 Å². The maximum absolute atomic E-state index is 12.7. The Kier molecular flexibility index (Phi) is 5.61. The number of benzene rings is 1. The zero-order chi connectivity index (χ0) is 21.4. The van der Waals surface area contributed by atoms with Gasteiger partial charge in [-0.15, -0.1) is 0 Å². The van der Waals surface area contributed by atoms with Crippen molar-refractivity contribution in [2.24, 2.45) is 0 Å². The van der Waals surface area contributed by atoms with E-state index in [0.717, 1.165) is 54.5 Å². The molecule has 0 unspecified atom stereocenters. The first kappa shape index (κ1) is 20.4. The van der Waals surface area contributed by atoms with Crippen LogP contribution in [0, 0.1) is 0 Å². The minimum Gasteiger partial charge on any atom is -0.489 e. The Bertz CT molecular complexity index is 1080. The van der Waals surface area contributed by atoms with Crippen molar-refractivity contribution in [3.63, 3.8) is 0 Å². The molecule has 5 nitrogen and oxygen atoms in total. The standard InChI is InChI=1S/C25H27ClN2O3/c26-21-13-16(7-11-23(21)31-18-3-1-2-4-18)20(14-17-8-12-24(29)27-17)22-10-9-19(15-5-6-15)25(30)28-22/h7,9-11,13-15,17-18H,1-6,8,12H2,(H,27,29)(H,28,30)/b20-14+/t17-/m1/s1. The van der Waals surface area contributed by atoms with Crippen molar-refractivity contribution in [1.82, 2.24) is 10.3 Å². The molecule has 1 amide bonds. The van der Waals surface area contributed by atoms with Crippen molar-refractivity contribution in [3.05, 3.63) is 68.6 Å². The summed E-state index contributed by atoms with van der Waals surface area (Å²) in [6.45, 7) is 0. The molecule has 2 saturated carbocycles. The fourth-order valence-electron chi connectivity index (χ4n) is 4.61. The predicted molar refractivity (Wildman–Crippen MR) is 122 cm³/mol. The summed E-state index contributed by atoms with van der Waals surface area (Å²) in [5.41, 5.74) is 3.31. The quantitative estimate of drug-likeness (QED) is 0.671. The van der Waals surface area contributed by atoms with Crippen LogP contribution in [0.1, 0.15) is 74.1 Å².